The van der Waals surface area contributed by atoms with Crippen LogP contribution >= 0.6 is 11.3 Å². The number of aromatic nitrogens is 1. The molecule has 0 aliphatic carbocycles. The minimum atomic E-state index is -0.723. The number of hydrogen-bond acceptors (Lipinski definition) is 10. The van der Waals surface area contributed by atoms with Crippen molar-refractivity contribution in [3.63, 3.8) is 0 Å². The lowest BCUT2D eigenvalue weighted by Crippen LogP contribution is -2.36. The number of aliphatic hydroxyl groups excluding tert-OH is 1. The first kappa shape index (κ1) is 33.5. The standard InChI is InChI=1S/C28H23N3O5S.C6H15NO/c1-35-28(34)25-20(7-6-19(15-32)30-25)21-13-24-23(26-17(8-10-36-24)9-11-37-26)12-22(21)27(33)31-18-4-2-16(14-29)3-5-18;1-6(2,7-3)4-5-8/h2-7,9,11-13,15H,8,10,14,29H2,1H3,(H,31,33);7-8H,4-5H2,1-3H3. The van der Waals surface area contributed by atoms with E-state index in [2.05, 4.69) is 35.5 Å². The molecule has 2 aromatic carbocycles. The molecule has 0 saturated carbocycles. The summed E-state index contributed by atoms with van der Waals surface area (Å²) < 4.78 is 11.0. The SMILES string of the molecule is CNC(C)(C)CCO.COC(=O)c1nc(C=O)ccc1-c1cc2c(cc1C(=O)Nc1ccc(CN)cc1)-c1sccc1CCO2. The van der Waals surface area contributed by atoms with Crippen molar-refractivity contribution in [3.05, 3.63) is 88.1 Å². The molecule has 1 amide bonds. The molecule has 0 atom stereocenters. The van der Waals surface area contributed by atoms with E-state index in [1.54, 1.807) is 41.7 Å². The number of amides is 1. The number of hydrogen-bond donors (Lipinski definition) is 4. The largest absolute Gasteiger partial charge is 0.493 e. The summed E-state index contributed by atoms with van der Waals surface area (Å²) in [6.45, 7) is 5.24. The number of methoxy groups -OCH3 is 1. The second-order valence-corrected chi connectivity index (χ2v) is 11.9. The molecule has 0 bridgehead atoms. The average molecular weight is 631 g/mol. The molecule has 11 heteroatoms. The second-order valence-electron chi connectivity index (χ2n) is 11.0. The van der Waals surface area contributed by atoms with Gasteiger partial charge < -0.3 is 30.9 Å². The van der Waals surface area contributed by atoms with Crippen molar-refractivity contribution in [2.45, 2.75) is 38.8 Å². The van der Waals surface area contributed by atoms with Gasteiger partial charge in [-0.25, -0.2) is 9.78 Å². The number of esters is 1. The van der Waals surface area contributed by atoms with E-state index in [9.17, 15) is 14.4 Å². The van der Waals surface area contributed by atoms with Crippen molar-refractivity contribution >= 4 is 35.2 Å². The number of ether oxygens (including phenoxy) is 2. The van der Waals surface area contributed by atoms with Crippen LogP contribution in [0.25, 0.3) is 21.6 Å². The fraction of sp³-hybridized carbons (Fsp3) is 0.294. The van der Waals surface area contributed by atoms with Gasteiger partial charge in [-0.05, 0) is 86.3 Å². The molecular weight excluding hydrogens is 592 g/mol. The number of carbonyl (C=O) groups is 3. The number of nitrogens with one attached hydrogen (secondary N) is 2. The van der Waals surface area contributed by atoms with Gasteiger partial charge in [0, 0.05) is 57.9 Å². The van der Waals surface area contributed by atoms with Gasteiger partial charge in [-0.1, -0.05) is 12.1 Å². The Morgan fingerprint density at radius 3 is 2.49 bits per heavy atom. The zero-order valence-corrected chi connectivity index (χ0v) is 26.6. The molecule has 5 N–H and O–H groups in total. The van der Waals surface area contributed by atoms with Gasteiger partial charge >= 0.3 is 5.97 Å². The molecule has 45 heavy (non-hydrogen) atoms. The normalized spacial score (nSPS) is 12.0. The highest BCUT2D eigenvalue weighted by atomic mass is 32.1. The van der Waals surface area contributed by atoms with E-state index in [4.69, 9.17) is 20.3 Å². The number of fused-ring (bicyclic) bond motifs is 3. The van der Waals surface area contributed by atoms with Gasteiger partial charge in [0.1, 0.15) is 11.4 Å². The van der Waals surface area contributed by atoms with Crippen molar-refractivity contribution in [1.29, 1.82) is 0 Å². The summed E-state index contributed by atoms with van der Waals surface area (Å²) in [4.78, 5) is 42.9. The summed E-state index contributed by atoms with van der Waals surface area (Å²) in [5.74, 6) is -0.509. The van der Waals surface area contributed by atoms with Gasteiger partial charge in [-0.3, -0.25) is 9.59 Å². The summed E-state index contributed by atoms with van der Waals surface area (Å²) in [7, 11) is 3.13. The van der Waals surface area contributed by atoms with E-state index in [1.165, 1.54) is 13.2 Å². The highest BCUT2D eigenvalue weighted by Crippen LogP contribution is 2.43. The van der Waals surface area contributed by atoms with Crippen molar-refractivity contribution in [2.24, 2.45) is 5.73 Å². The lowest BCUT2D eigenvalue weighted by atomic mass is 9.93. The molecule has 0 fully saturated rings. The van der Waals surface area contributed by atoms with Crippen LogP contribution in [0.5, 0.6) is 5.75 Å². The number of rotatable bonds is 9. The topological polar surface area (TPSA) is 153 Å². The van der Waals surface area contributed by atoms with Gasteiger partial charge in [-0.2, -0.15) is 0 Å². The van der Waals surface area contributed by atoms with Gasteiger partial charge in [0.05, 0.1) is 13.7 Å². The lowest BCUT2D eigenvalue weighted by Gasteiger charge is -2.21. The maximum atomic E-state index is 13.7. The number of thiophene rings is 1. The molecule has 0 saturated heterocycles. The molecule has 1 aliphatic rings. The predicted molar refractivity (Wildman–Crippen MR) is 176 cm³/mol. The minimum absolute atomic E-state index is 0.0705. The third-order valence-corrected chi connectivity index (χ3v) is 8.54. The van der Waals surface area contributed by atoms with Crippen LogP contribution in [0.15, 0.2) is 60.0 Å². The zero-order chi connectivity index (χ0) is 32.6. The van der Waals surface area contributed by atoms with E-state index in [0.29, 0.717) is 47.6 Å². The number of anilines is 1. The predicted octanol–water partition coefficient (Wildman–Crippen LogP) is 5.09. The summed E-state index contributed by atoms with van der Waals surface area (Å²) in [5.41, 5.74) is 10.4. The Kier molecular flexibility index (Phi) is 11.2. The lowest BCUT2D eigenvalue weighted by molar-refractivity contribution is 0.0594. The van der Waals surface area contributed by atoms with Gasteiger partial charge in [0.15, 0.2) is 12.0 Å². The Hall–Kier alpha value is -4.42. The summed E-state index contributed by atoms with van der Waals surface area (Å²) in [5, 5.41) is 16.5. The second kappa shape index (κ2) is 15.0. The quantitative estimate of drug-likeness (QED) is 0.146. The van der Waals surface area contributed by atoms with E-state index < -0.39 is 5.97 Å². The van der Waals surface area contributed by atoms with E-state index in [1.807, 2.05) is 24.6 Å². The number of benzene rings is 2. The van der Waals surface area contributed by atoms with Crippen LogP contribution in [-0.2, 0) is 17.7 Å². The third-order valence-electron chi connectivity index (χ3n) is 7.55. The molecule has 236 valence electrons. The molecule has 3 heterocycles. The van der Waals surface area contributed by atoms with Crippen LogP contribution in [-0.4, -0.2) is 61.2 Å². The molecule has 4 aromatic rings. The highest BCUT2D eigenvalue weighted by Gasteiger charge is 2.26. The third kappa shape index (κ3) is 8.00. The van der Waals surface area contributed by atoms with Crippen molar-refractivity contribution in [2.75, 3.05) is 32.7 Å². The van der Waals surface area contributed by atoms with Gasteiger partial charge in [0.2, 0.25) is 0 Å². The van der Waals surface area contributed by atoms with E-state index >= 15 is 0 Å². The number of nitrogens with two attached hydrogens (primary N) is 1. The molecule has 1 aliphatic heterocycles. The molecule has 0 radical (unpaired) electrons. The summed E-state index contributed by atoms with van der Waals surface area (Å²) in [6, 6.07) is 15.9. The fourth-order valence-corrected chi connectivity index (χ4v) is 5.64. The van der Waals surface area contributed by atoms with Crippen LogP contribution in [0.2, 0.25) is 0 Å². The van der Waals surface area contributed by atoms with Crippen molar-refractivity contribution < 1.29 is 29.0 Å². The number of aldehydes is 1. The Balaban J connectivity index is 0.000000510. The van der Waals surface area contributed by atoms with Crippen LogP contribution in [0.4, 0.5) is 5.69 Å². The molecule has 10 nitrogen and oxygen atoms in total. The maximum Gasteiger partial charge on any atom is 0.357 e. The Morgan fingerprint density at radius 1 is 1.11 bits per heavy atom. The first-order valence-electron chi connectivity index (χ1n) is 14.5. The summed E-state index contributed by atoms with van der Waals surface area (Å²) in [6.07, 6.45) is 2.09. The minimum Gasteiger partial charge on any atom is -0.493 e. The monoisotopic (exact) mass is 630 g/mol. The van der Waals surface area contributed by atoms with E-state index in [0.717, 1.165) is 34.4 Å². The Bertz CT molecular complexity index is 1670. The highest BCUT2D eigenvalue weighted by molar-refractivity contribution is 7.13. The fourth-order valence-electron chi connectivity index (χ4n) is 4.66. The van der Waals surface area contributed by atoms with Crippen LogP contribution in [0.3, 0.4) is 0 Å². The van der Waals surface area contributed by atoms with Crippen LogP contribution in [0.1, 0.15) is 62.7 Å². The number of aliphatic hydroxyl groups is 1. The van der Waals surface area contributed by atoms with Crippen molar-refractivity contribution in [3.8, 4) is 27.3 Å². The average Bonchev–Trinajstić information content (AvgIpc) is 3.45. The Morgan fingerprint density at radius 2 is 1.87 bits per heavy atom. The number of carbonyl (C=O) groups excluding carboxylic acids is 3. The van der Waals surface area contributed by atoms with Crippen molar-refractivity contribution in [1.82, 2.24) is 10.3 Å². The maximum absolute atomic E-state index is 13.7. The first-order chi connectivity index (χ1) is 21.6. The van der Waals surface area contributed by atoms with Crippen LogP contribution < -0.4 is 21.1 Å². The van der Waals surface area contributed by atoms with Gasteiger partial charge in [-0.15, -0.1) is 11.3 Å². The number of nitrogens with zero attached hydrogens (tertiary/aromatic N) is 1. The number of pyridine rings is 1. The zero-order valence-electron chi connectivity index (χ0n) is 25.8. The molecule has 0 unspecified atom stereocenters. The Labute approximate surface area is 266 Å². The van der Waals surface area contributed by atoms with E-state index in [-0.39, 0.29) is 29.4 Å². The molecular formula is C34H38N4O6S. The van der Waals surface area contributed by atoms with Crippen LogP contribution in [0, 0.1) is 0 Å². The van der Waals surface area contributed by atoms with Gasteiger partial charge in [0.25, 0.3) is 5.91 Å². The summed E-state index contributed by atoms with van der Waals surface area (Å²) >= 11 is 1.58. The molecule has 5 rings (SSSR count). The first-order valence-corrected chi connectivity index (χ1v) is 15.3. The molecule has 0 spiro atoms. The molecule has 2 aromatic heterocycles. The smallest absolute Gasteiger partial charge is 0.357 e.